The Bertz CT molecular complexity index is 617. The summed E-state index contributed by atoms with van der Waals surface area (Å²) in [5.74, 6) is -0.530. The lowest BCUT2D eigenvalue weighted by atomic mass is 10.1. The van der Waals surface area contributed by atoms with Crippen LogP contribution in [0.2, 0.25) is 0 Å². The van der Waals surface area contributed by atoms with E-state index in [1.807, 2.05) is 0 Å². The minimum Gasteiger partial charge on any atom is -0.381 e. The SMILES string of the molecule is CCCCOCCCNC(=O)C1=NN(C2CCS(=O)(=O)C2)C(=O)CC1. The number of carbonyl (C=O) groups is 2. The Morgan fingerprint density at radius 1 is 1.32 bits per heavy atom. The Labute approximate surface area is 148 Å². The van der Waals surface area contributed by atoms with Crippen molar-refractivity contribution in [2.45, 2.75) is 51.5 Å². The number of ether oxygens (including phenoxy) is 1. The molecular formula is C16H27N3O5S. The number of unbranched alkanes of at least 4 members (excludes halogenated alkanes) is 1. The molecule has 1 N–H and O–H groups in total. The molecule has 2 heterocycles. The Morgan fingerprint density at radius 2 is 2.08 bits per heavy atom. The molecule has 0 saturated carbocycles. The third-order valence-corrected chi connectivity index (χ3v) is 6.02. The second kappa shape index (κ2) is 9.28. The molecule has 2 amide bonds. The summed E-state index contributed by atoms with van der Waals surface area (Å²) >= 11 is 0. The molecule has 1 saturated heterocycles. The predicted octanol–water partition coefficient (Wildman–Crippen LogP) is 0.475. The van der Waals surface area contributed by atoms with E-state index in [0.29, 0.717) is 26.0 Å². The van der Waals surface area contributed by atoms with Crippen molar-refractivity contribution < 1.29 is 22.7 Å². The molecule has 2 aliphatic heterocycles. The lowest BCUT2D eigenvalue weighted by molar-refractivity contribution is -0.133. The van der Waals surface area contributed by atoms with Gasteiger partial charge in [0.25, 0.3) is 5.91 Å². The quantitative estimate of drug-likeness (QED) is 0.592. The topological polar surface area (TPSA) is 105 Å². The highest BCUT2D eigenvalue weighted by Crippen LogP contribution is 2.22. The van der Waals surface area contributed by atoms with Crippen molar-refractivity contribution in [1.29, 1.82) is 0 Å². The lowest BCUT2D eigenvalue weighted by Gasteiger charge is -2.27. The van der Waals surface area contributed by atoms with Gasteiger partial charge in [0.15, 0.2) is 9.84 Å². The minimum atomic E-state index is -3.11. The van der Waals surface area contributed by atoms with E-state index in [1.54, 1.807) is 0 Å². The number of carbonyl (C=O) groups excluding carboxylic acids is 2. The highest BCUT2D eigenvalue weighted by Gasteiger charge is 2.37. The lowest BCUT2D eigenvalue weighted by Crippen LogP contribution is -2.44. The Morgan fingerprint density at radius 3 is 2.76 bits per heavy atom. The van der Waals surface area contributed by atoms with Crippen LogP contribution in [0.3, 0.4) is 0 Å². The third-order valence-electron chi connectivity index (χ3n) is 4.27. The van der Waals surface area contributed by atoms with Gasteiger partial charge < -0.3 is 10.1 Å². The summed E-state index contributed by atoms with van der Waals surface area (Å²) in [6, 6.07) is -0.451. The molecule has 9 heteroatoms. The summed E-state index contributed by atoms with van der Waals surface area (Å²) in [6.07, 6.45) is 3.68. The van der Waals surface area contributed by atoms with Crippen molar-refractivity contribution in [2.24, 2.45) is 5.10 Å². The average molecular weight is 373 g/mol. The first kappa shape index (κ1) is 19.8. The van der Waals surface area contributed by atoms with Crippen LogP contribution in [0.15, 0.2) is 5.10 Å². The minimum absolute atomic E-state index is 0.0660. The summed E-state index contributed by atoms with van der Waals surface area (Å²) in [5.41, 5.74) is 0.288. The number of hydrazone groups is 1. The van der Waals surface area contributed by atoms with Crippen LogP contribution in [0.1, 0.15) is 45.4 Å². The number of nitrogens with zero attached hydrogens (tertiary/aromatic N) is 2. The van der Waals surface area contributed by atoms with Gasteiger partial charge in [-0.05, 0) is 19.3 Å². The van der Waals surface area contributed by atoms with Crippen molar-refractivity contribution in [3.63, 3.8) is 0 Å². The second-order valence-corrected chi connectivity index (χ2v) is 8.65. The zero-order chi connectivity index (χ0) is 18.3. The van der Waals surface area contributed by atoms with E-state index in [2.05, 4.69) is 17.3 Å². The maximum Gasteiger partial charge on any atom is 0.267 e. The van der Waals surface area contributed by atoms with Gasteiger partial charge in [-0.25, -0.2) is 13.4 Å². The summed E-state index contributed by atoms with van der Waals surface area (Å²) in [5, 5.41) is 8.13. The molecule has 2 aliphatic rings. The van der Waals surface area contributed by atoms with E-state index >= 15 is 0 Å². The van der Waals surface area contributed by atoms with E-state index in [0.717, 1.165) is 19.4 Å². The summed E-state index contributed by atoms with van der Waals surface area (Å²) in [4.78, 5) is 24.2. The maximum absolute atomic E-state index is 12.2. The number of rotatable bonds is 9. The van der Waals surface area contributed by atoms with Gasteiger partial charge in [-0.3, -0.25) is 9.59 Å². The van der Waals surface area contributed by atoms with Gasteiger partial charge in [0.1, 0.15) is 5.71 Å². The molecular weight excluding hydrogens is 346 g/mol. The largest absolute Gasteiger partial charge is 0.381 e. The van der Waals surface area contributed by atoms with Gasteiger partial charge in [-0.1, -0.05) is 13.3 Å². The highest BCUT2D eigenvalue weighted by atomic mass is 32.2. The monoisotopic (exact) mass is 373 g/mol. The Balaban J connectivity index is 1.81. The van der Waals surface area contributed by atoms with Gasteiger partial charge in [0.05, 0.1) is 17.5 Å². The molecule has 0 aliphatic carbocycles. The van der Waals surface area contributed by atoms with Crippen LogP contribution in [0.25, 0.3) is 0 Å². The van der Waals surface area contributed by atoms with E-state index in [9.17, 15) is 18.0 Å². The number of sulfone groups is 1. The Hall–Kier alpha value is -1.48. The zero-order valence-electron chi connectivity index (χ0n) is 14.7. The Kier molecular flexibility index (Phi) is 7.37. The summed E-state index contributed by atoms with van der Waals surface area (Å²) < 4.78 is 28.6. The number of nitrogens with one attached hydrogen (secondary N) is 1. The fourth-order valence-corrected chi connectivity index (χ4v) is 4.51. The van der Waals surface area contributed by atoms with Crippen molar-refractivity contribution in [2.75, 3.05) is 31.3 Å². The van der Waals surface area contributed by atoms with Gasteiger partial charge in [0.2, 0.25) is 5.91 Å². The predicted molar refractivity (Wildman–Crippen MR) is 93.9 cm³/mol. The van der Waals surface area contributed by atoms with Crippen LogP contribution < -0.4 is 5.32 Å². The summed E-state index contributed by atoms with van der Waals surface area (Å²) in [7, 11) is -3.11. The van der Waals surface area contributed by atoms with Crippen molar-refractivity contribution in [1.82, 2.24) is 10.3 Å². The van der Waals surface area contributed by atoms with Gasteiger partial charge in [0, 0.05) is 32.6 Å². The fourth-order valence-electron chi connectivity index (χ4n) is 2.81. The first-order chi connectivity index (χ1) is 11.9. The molecule has 1 fully saturated rings. The molecule has 0 aromatic carbocycles. The normalized spacial score (nSPS) is 22.8. The molecule has 8 nitrogen and oxygen atoms in total. The highest BCUT2D eigenvalue weighted by molar-refractivity contribution is 7.91. The molecule has 142 valence electrons. The van der Waals surface area contributed by atoms with Crippen LogP contribution in [0, 0.1) is 0 Å². The third kappa shape index (κ3) is 6.07. The molecule has 0 radical (unpaired) electrons. The van der Waals surface area contributed by atoms with Crippen LogP contribution in [0.5, 0.6) is 0 Å². The molecule has 25 heavy (non-hydrogen) atoms. The van der Waals surface area contributed by atoms with E-state index in [4.69, 9.17) is 4.74 Å². The van der Waals surface area contributed by atoms with Gasteiger partial charge >= 0.3 is 0 Å². The summed E-state index contributed by atoms with van der Waals surface area (Å²) in [6.45, 7) is 3.91. The standard InChI is InChI=1S/C16H27N3O5S/c1-2-3-9-24-10-4-8-17-16(21)14-5-6-15(20)19(18-14)13-7-11-25(22,23)12-13/h13H,2-12H2,1H3,(H,17,21). The smallest absolute Gasteiger partial charge is 0.267 e. The first-order valence-electron chi connectivity index (χ1n) is 8.89. The molecule has 1 atom stereocenters. The molecule has 0 aromatic heterocycles. The molecule has 2 rings (SSSR count). The molecule has 0 aromatic rings. The van der Waals surface area contributed by atoms with Gasteiger partial charge in [-0.15, -0.1) is 0 Å². The van der Waals surface area contributed by atoms with E-state index < -0.39 is 15.9 Å². The fraction of sp³-hybridized carbons (Fsp3) is 0.812. The van der Waals surface area contributed by atoms with Crippen LogP contribution in [0.4, 0.5) is 0 Å². The van der Waals surface area contributed by atoms with Gasteiger partial charge in [-0.2, -0.15) is 5.10 Å². The van der Waals surface area contributed by atoms with E-state index in [1.165, 1.54) is 5.01 Å². The average Bonchev–Trinajstić information content (AvgIpc) is 2.94. The number of amides is 2. The molecule has 0 spiro atoms. The van der Waals surface area contributed by atoms with Crippen molar-refractivity contribution >= 4 is 27.4 Å². The van der Waals surface area contributed by atoms with Crippen LogP contribution in [-0.4, -0.2) is 68.3 Å². The van der Waals surface area contributed by atoms with E-state index in [-0.39, 0.29) is 41.9 Å². The van der Waals surface area contributed by atoms with Crippen LogP contribution >= 0.6 is 0 Å². The molecule has 1 unspecified atom stereocenters. The number of hydrogen-bond donors (Lipinski definition) is 1. The van der Waals surface area contributed by atoms with Crippen molar-refractivity contribution in [3.05, 3.63) is 0 Å². The first-order valence-corrected chi connectivity index (χ1v) is 10.7. The maximum atomic E-state index is 12.2. The van der Waals surface area contributed by atoms with Crippen molar-refractivity contribution in [3.8, 4) is 0 Å². The number of hydrogen-bond acceptors (Lipinski definition) is 6. The molecule has 0 bridgehead atoms. The zero-order valence-corrected chi connectivity index (χ0v) is 15.5. The van der Waals surface area contributed by atoms with Crippen LogP contribution in [-0.2, 0) is 24.2 Å². The second-order valence-electron chi connectivity index (χ2n) is 6.42.